The van der Waals surface area contributed by atoms with Gasteiger partial charge in [0.15, 0.2) is 6.04 Å². The van der Waals surface area contributed by atoms with Crippen molar-refractivity contribution in [2.24, 2.45) is 5.92 Å². The predicted octanol–water partition coefficient (Wildman–Crippen LogP) is 0.556. The molecule has 2 amide bonds. The summed E-state index contributed by atoms with van der Waals surface area (Å²) in [6.07, 6.45) is 0.713. The Labute approximate surface area is 101 Å². The van der Waals surface area contributed by atoms with Crippen LogP contribution in [0.4, 0.5) is 4.79 Å². The van der Waals surface area contributed by atoms with Crippen molar-refractivity contribution in [2.75, 3.05) is 6.54 Å². The number of hydrogen-bond donors (Lipinski definition) is 4. The van der Waals surface area contributed by atoms with Gasteiger partial charge in [0.25, 0.3) is 0 Å². The smallest absolute Gasteiger partial charge is 0.328 e. The maximum atomic E-state index is 11.3. The van der Waals surface area contributed by atoms with Crippen LogP contribution in [0.2, 0.25) is 0 Å². The largest absolute Gasteiger partial charge is 0.480 e. The average Bonchev–Trinajstić information content (AvgIpc) is 2.19. The summed E-state index contributed by atoms with van der Waals surface area (Å²) >= 11 is 0. The van der Waals surface area contributed by atoms with Crippen LogP contribution in [0.25, 0.3) is 0 Å². The molecule has 0 aromatic carbocycles. The molecule has 0 rings (SSSR count). The van der Waals surface area contributed by atoms with Crippen molar-refractivity contribution in [1.82, 2.24) is 10.6 Å². The lowest BCUT2D eigenvalue weighted by Gasteiger charge is -2.17. The van der Waals surface area contributed by atoms with Crippen LogP contribution in [0.1, 0.15) is 33.6 Å². The first-order chi connectivity index (χ1) is 7.84. The molecule has 6 heteroatoms. The summed E-state index contributed by atoms with van der Waals surface area (Å²) in [4.78, 5) is 22.0. The van der Waals surface area contributed by atoms with Gasteiger partial charge in [-0.3, -0.25) is 0 Å². The number of hydrogen-bond acceptors (Lipinski definition) is 3. The Morgan fingerprint density at radius 3 is 2.24 bits per heavy atom. The molecule has 0 saturated carbocycles. The molecule has 4 N–H and O–H groups in total. The highest BCUT2D eigenvalue weighted by molar-refractivity contribution is 5.82. The van der Waals surface area contributed by atoms with E-state index in [2.05, 4.69) is 24.5 Å². The van der Waals surface area contributed by atoms with Gasteiger partial charge in [0, 0.05) is 6.54 Å². The third kappa shape index (κ3) is 7.57. The number of carboxylic acid groups (broad SMARTS) is 1. The summed E-state index contributed by atoms with van der Waals surface area (Å²) in [6.45, 7) is 6.00. The molecule has 0 spiro atoms. The van der Waals surface area contributed by atoms with Gasteiger partial charge in [-0.25, -0.2) is 9.59 Å². The SMILES string of the molecule is CC(C)CCCNC(=O)N[C@H](C(=O)O)[C@@H](C)O. The zero-order valence-corrected chi connectivity index (χ0v) is 10.6. The molecule has 0 aliphatic carbocycles. The van der Waals surface area contributed by atoms with E-state index in [1.807, 2.05) is 0 Å². The van der Waals surface area contributed by atoms with E-state index in [4.69, 9.17) is 10.2 Å². The van der Waals surface area contributed by atoms with E-state index in [1.54, 1.807) is 0 Å². The summed E-state index contributed by atoms with van der Waals surface area (Å²) in [5.74, 6) is -0.679. The quantitative estimate of drug-likeness (QED) is 0.493. The first-order valence-corrected chi connectivity index (χ1v) is 5.79. The van der Waals surface area contributed by atoms with Gasteiger partial charge in [0.1, 0.15) is 0 Å². The Bertz CT molecular complexity index is 254. The molecule has 2 atom stereocenters. The van der Waals surface area contributed by atoms with E-state index in [0.717, 1.165) is 12.8 Å². The summed E-state index contributed by atoms with van der Waals surface area (Å²) < 4.78 is 0. The zero-order chi connectivity index (χ0) is 13.4. The molecular formula is C11H22N2O4. The van der Waals surface area contributed by atoms with Crippen LogP contribution in [-0.4, -0.2) is 40.9 Å². The zero-order valence-electron chi connectivity index (χ0n) is 10.6. The minimum atomic E-state index is -1.28. The Kier molecular flexibility index (Phi) is 7.29. The van der Waals surface area contributed by atoms with Crippen LogP contribution < -0.4 is 10.6 Å². The van der Waals surface area contributed by atoms with E-state index in [-0.39, 0.29) is 0 Å². The van der Waals surface area contributed by atoms with E-state index in [0.29, 0.717) is 12.5 Å². The third-order valence-electron chi connectivity index (χ3n) is 2.28. The maximum absolute atomic E-state index is 11.3. The van der Waals surface area contributed by atoms with Crippen molar-refractivity contribution < 1.29 is 19.8 Å². The monoisotopic (exact) mass is 246 g/mol. The molecule has 17 heavy (non-hydrogen) atoms. The molecule has 0 aromatic rings. The Morgan fingerprint density at radius 1 is 1.24 bits per heavy atom. The number of carbonyl (C=O) groups is 2. The highest BCUT2D eigenvalue weighted by Crippen LogP contribution is 2.01. The molecule has 0 aromatic heterocycles. The molecule has 0 aliphatic rings. The maximum Gasteiger partial charge on any atom is 0.328 e. The number of rotatable bonds is 7. The highest BCUT2D eigenvalue weighted by Gasteiger charge is 2.24. The third-order valence-corrected chi connectivity index (χ3v) is 2.28. The van der Waals surface area contributed by atoms with Gasteiger partial charge in [0.2, 0.25) is 0 Å². The van der Waals surface area contributed by atoms with Gasteiger partial charge in [-0.1, -0.05) is 13.8 Å². The molecule has 100 valence electrons. The van der Waals surface area contributed by atoms with Gasteiger partial charge >= 0.3 is 12.0 Å². The lowest BCUT2D eigenvalue weighted by Crippen LogP contribution is -2.51. The number of urea groups is 1. The first kappa shape index (κ1) is 15.7. The van der Waals surface area contributed by atoms with Gasteiger partial charge in [-0.05, 0) is 25.7 Å². The number of nitrogens with one attached hydrogen (secondary N) is 2. The van der Waals surface area contributed by atoms with Crippen LogP contribution in [-0.2, 0) is 4.79 Å². The van der Waals surface area contributed by atoms with Crippen molar-refractivity contribution in [3.63, 3.8) is 0 Å². The topological polar surface area (TPSA) is 98.7 Å². The highest BCUT2D eigenvalue weighted by atomic mass is 16.4. The number of aliphatic hydroxyl groups is 1. The van der Waals surface area contributed by atoms with Crippen molar-refractivity contribution in [2.45, 2.75) is 45.8 Å². The summed E-state index contributed by atoms with van der Waals surface area (Å²) in [7, 11) is 0. The Hall–Kier alpha value is -1.30. The summed E-state index contributed by atoms with van der Waals surface area (Å²) in [5.41, 5.74) is 0. The van der Waals surface area contributed by atoms with Crippen molar-refractivity contribution >= 4 is 12.0 Å². The lowest BCUT2D eigenvalue weighted by atomic mass is 10.1. The van der Waals surface area contributed by atoms with Crippen LogP contribution in [0, 0.1) is 5.92 Å². The number of aliphatic carboxylic acids is 1. The Balaban J connectivity index is 3.87. The fourth-order valence-corrected chi connectivity index (χ4v) is 1.29. The van der Waals surface area contributed by atoms with E-state index < -0.39 is 24.1 Å². The van der Waals surface area contributed by atoms with Crippen LogP contribution in [0.15, 0.2) is 0 Å². The molecule has 0 radical (unpaired) electrons. The standard InChI is InChI=1S/C11H22N2O4/c1-7(2)5-4-6-12-11(17)13-9(8(3)14)10(15)16/h7-9,14H,4-6H2,1-3H3,(H,15,16)(H2,12,13,17)/t8-,9+/m1/s1. The molecule has 0 saturated heterocycles. The van der Waals surface area contributed by atoms with E-state index >= 15 is 0 Å². The second-order valence-electron chi connectivity index (χ2n) is 4.49. The van der Waals surface area contributed by atoms with Gasteiger partial charge in [-0.2, -0.15) is 0 Å². The van der Waals surface area contributed by atoms with Crippen LogP contribution >= 0.6 is 0 Å². The molecule has 0 bridgehead atoms. The molecule has 0 unspecified atom stereocenters. The lowest BCUT2D eigenvalue weighted by molar-refractivity contribution is -0.141. The van der Waals surface area contributed by atoms with Crippen molar-refractivity contribution in [3.8, 4) is 0 Å². The van der Waals surface area contributed by atoms with Crippen LogP contribution in [0.3, 0.4) is 0 Å². The van der Waals surface area contributed by atoms with Crippen molar-refractivity contribution in [1.29, 1.82) is 0 Å². The van der Waals surface area contributed by atoms with Crippen molar-refractivity contribution in [3.05, 3.63) is 0 Å². The number of carboxylic acids is 1. The predicted molar refractivity (Wildman–Crippen MR) is 63.7 cm³/mol. The summed E-state index contributed by atoms with van der Waals surface area (Å²) in [6, 6.07) is -1.85. The molecular weight excluding hydrogens is 224 g/mol. The first-order valence-electron chi connectivity index (χ1n) is 5.79. The van der Waals surface area contributed by atoms with E-state index in [1.165, 1.54) is 6.92 Å². The number of amides is 2. The van der Waals surface area contributed by atoms with Gasteiger partial charge < -0.3 is 20.8 Å². The second kappa shape index (κ2) is 7.89. The minimum Gasteiger partial charge on any atom is -0.480 e. The molecule has 0 aliphatic heterocycles. The van der Waals surface area contributed by atoms with Crippen LogP contribution in [0.5, 0.6) is 0 Å². The fraction of sp³-hybridized carbons (Fsp3) is 0.818. The molecule has 6 nitrogen and oxygen atoms in total. The Morgan fingerprint density at radius 2 is 1.82 bits per heavy atom. The normalized spacial score (nSPS) is 14.2. The molecule has 0 heterocycles. The number of aliphatic hydroxyl groups excluding tert-OH is 1. The fourth-order valence-electron chi connectivity index (χ4n) is 1.29. The van der Waals surface area contributed by atoms with Gasteiger partial charge in [0.05, 0.1) is 6.10 Å². The van der Waals surface area contributed by atoms with E-state index in [9.17, 15) is 9.59 Å². The molecule has 0 fully saturated rings. The number of carbonyl (C=O) groups excluding carboxylic acids is 1. The van der Waals surface area contributed by atoms with Gasteiger partial charge in [-0.15, -0.1) is 0 Å². The summed E-state index contributed by atoms with van der Waals surface area (Å²) in [5, 5.41) is 22.6. The average molecular weight is 246 g/mol. The minimum absolute atomic E-state index is 0.496. The second-order valence-corrected chi connectivity index (χ2v) is 4.49.